The lowest BCUT2D eigenvalue weighted by molar-refractivity contribution is 1.02. The van der Waals surface area contributed by atoms with Crippen molar-refractivity contribution in [2.75, 3.05) is 7.05 Å². The number of azo groups is 1. The summed E-state index contributed by atoms with van der Waals surface area (Å²) in [5.41, 5.74) is 1.01. The van der Waals surface area contributed by atoms with E-state index in [9.17, 15) is 0 Å². The van der Waals surface area contributed by atoms with Gasteiger partial charge in [0.25, 0.3) is 0 Å². The lowest BCUT2D eigenvalue weighted by atomic mass is 10.3. The molecule has 0 saturated carbocycles. The van der Waals surface area contributed by atoms with Gasteiger partial charge in [-0.25, -0.2) is 0 Å². The Bertz CT molecular complexity index is 155. The Hall–Kier alpha value is -0.920. The Labute approximate surface area is 62.4 Å². The summed E-state index contributed by atoms with van der Waals surface area (Å²) in [5.74, 6) is 0. The second-order valence-corrected chi connectivity index (χ2v) is 1.85. The van der Waals surface area contributed by atoms with E-state index in [2.05, 4.69) is 16.3 Å². The minimum Gasteiger partial charge on any atom is -0.192 e. The molecule has 0 aromatic carbocycles. The SMILES string of the molecule is CC=CC/C(=C\C)N=NC. The lowest BCUT2D eigenvalue weighted by Gasteiger charge is -1.90. The zero-order valence-electron chi connectivity index (χ0n) is 6.83. The van der Waals surface area contributed by atoms with Crippen LogP contribution >= 0.6 is 0 Å². The molecule has 0 radical (unpaired) electrons. The zero-order valence-corrected chi connectivity index (χ0v) is 6.83. The molecule has 0 N–H and O–H groups in total. The van der Waals surface area contributed by atoms with E-state index in [-0.39, 0.29) is 0 Å². The predicted molar refractivity (Wildman–Crippen MR) is 44.0 cm³/mol. The smallest absolute Gasteiger partial charge is 0.0621 e. The average Bonchev–Trinajstić information content (AvgIpc) is 1.98. The molecule has 2 nitrogen and oxygen atoms in total. The molecule has 0 aliphatic heterocycles. The van der Waals surface area contributed by atoms with Gasteiger partial charge in [0.2, 0.25) is 0 Å². The van der Waals surface area contributed by atoms with Gasteiger partial charge in [-0.1, -0.05) is 18.2 Å². The Balaban J connectivity index is 3.85. The largest absolute Gasteiger partial charge is 0.192 e. The molecule has 56 valence electrons. The fourth-order valence-electron chi connectivity index (χ4n) is 0.583. The second kappa shape index (κ2) is 6.20. The number of rotatable bonds is 3. The summed E-state index contributed by atoms with van der Waals surface area (Å²) in [6.45, 7) is 3.96. The molecule has 0 fully saturated rings. The van der Waals surface area contributed by atoms with Crippen LogP contribution in [-0.2, 0) is 0 Å². The summed E-state index contributed by atoms with van der Waals surface area (Å²) in [7, 11) is 1.68. The van der Waals surface area contributed by atoms with Gasteiger partial charge in [-0.3, -0.25) is 0 Å². The number of allylic oxidation sites excluding steroid dienone is 3. The Kier molecular flexibility index (Phi) is 5.63. The standard InChI is InChI=1S/C8H14N2/c1-4-6-7-8(5-2)10-9-3/h4-6H,7H2,1-3H3/b6-4?,8-5+,10-9?. The van der Waals surface area contributed by atoms with Crippen LogP contribution in [0.4, 0.5) is 0 Å². The van der Waals surface area contributed by atoms with Crippen molar-refractivity contribution in [1.29, 1.82) is 0 Å². The third-order valence-corrected chi connectivity index (χ3v) is 1.12. The van der Waals surface area contributed by atoms with Crippen molar-refractivity contribution in [3.8, 4) is 0 Å². The van der Waals surface area contributed by atoms with Crippen molar-refractivity contribution in [2.45, 2.75) is 20.3 Å². The molecule has 0 aliphatic carbocycles. The van der Waals surface area contributed by atoms with Crippen LogP contribution in [0.25, 0.3) is 0 Å². The highest BCUT2D eigenvalue weighted by Crippen LogP contribution is 2.03. The number of hydrogen-bond acceptors (Lipinski definition) is 2. The van der Waals surface area contributed by atoms with Crippen LogP contribution in [0.15, 0.2) is 34.2 Å². The molecule has 0 spiro atoms. The fourth-order valence-corrected chi connectivity index (χ4v) is 0.583. The van der Waals surface area contributed by atoms with Gasteiger partial charge >= 0.3 is 0 Å². The molecule has 0 bridgehead atoms. The summed E-state index contributed by atoms with van der Waals surface area (Å²) < 4.78 is 0. The molecule has 0 atom stereocenters. The third-order valence-electron chi connectivity index (χ3n) is 1.12. The van der Waals surface area contributed by atoms with Crippen LogP contribution in [0.5, 0.6) is 0 Å². The first-order valence-corrected chi connectivity index (χ1v) is 3.41. The van der Waals surface area contributed by atoms with Crippen molar-refractivity contribution in [2.24, 2.45) is 10.2 Å². The van der Waals surface area contributed by atoms with Crippen LogP contribution in [0.2, 0.25) is 0 Å². The van der Waals surface area contributed by atoms with E-state index in [0.29, 0.717) is 0 Å². The van der Waals surface area contributed by atoms with Gasteiger partial charge < -0.3 is 0 Å². The quantitative estimate of drug-likeness (QED) is 0.423. The molecule has 0 amide bonds. The first-order chi connectivity index (χ1) is 4.85. The lowest BCUT2D eigenvalue weighted by Crippen LogP contribution is -1.72. The van der Waals surface area contributed by atoms with Crippen molar-refractivity contribution >= 4 is 0 Å². The molecule has 0 aliphatic rings. The summed E-state index contributed by atoms with van der Waals surface area (Å²) in [6.07, 6.45) is 6.91. The van der Waals surface area contributed by atoms with Crippen LogP contribution < -0.4 is 0 Å². The van der Waals surface area contributed by atoms with Gasteiger partial charge in [-0.05, 0) is 13.8 Å². The fraction of sp³-hybridized carbons (Fsp3) is 0.500. The maximum absolute atomic E-state index is 3.92. The highest BCUT2D eigenvalue weighted by atomic mass is 15.1. The molecular formula is C8H14N2. The molecule has 0 unspecified atom stereocenters. The first kappa shape index (κ1) is 9.08. The maximum atomic E-state index is 3.92. The molecule has 10 heavy (non-hydrogen) atoms. The number of nitrogens with zero attached hydrogens (tertiary/aromatic N) is 2. The molecular weight excluding hydrogens is 124 g/mol. The van der Waals surface area contributed by atoms with Crippen LogP contribution in [0.3, 0.4) is 0 Å². The molecule has 0 rings (SSSR count). The summed E-state index contributed by atoms with van der Waals surface area (Å²) >= 11 is 0. The Morgan fingerprint density at radius 1 is 1.40 bits per heavy atom. The van der Waals surface area contributed by atoms with Gasteiger partial charge in [-0.15, -0.1) is 0 Å². The van der Waals surface area contributed by atoms with Crippen molar-refractivity contribution in [1.82, 2.24) is 0 Å². The van der Waals surface area contributed by atoms with E-state index in [1.54, 1.807) is 7.05 Å². The van der Waals surface area contributed by atoms with Gasteiger partial charge in [0.15, 0.2) is 0 Å². The summed E-state index contributed by atoms with van der Waals surface area (Å²) in [6, 6.07) is 0. The van der Waals surface area contributed by atoms with Crippen molar-refractivity contribution in [3.05, 3.63) is 23.9 Å². The molecule has 2 heteroatoms. The van der Waals surface area contributed by atoms with Crippen LogP contribution in [-0.4, -0.2) is 7.05 Å². The Morgan fingerprint density at radius 3 is 2.50 bits per heavy atom. The van der Waals surface area contributed by atoms with E-state index in [4.69, 9.17) is 0 Å². The molecule has 0 saturated heterocycles. The van der Waals surface area contributed by atoms with E-state index in [0.717, 1.165) is 12.1 Å². The van der Waals surface area contributed by atoms with Crippen LogP contribution in [0.1, 0.15) is 20.3 Å². The maximum Gasteiger partial charge on any atom is 0.0621 e. The minimum absolute atomic E-state index is 0.879. The molecule has 0 aromatic rings. The van der Waals surface area contributed by atoms with E-state index >= 15 is 0 Å². The van der Waals surface area contributed by atoms with E-state index in [1.165, 1.54) is 0 Å². The normalized spacial score (nSPS) is 13.7. The Morgan fingerprint density at radius 2 is 2.10 bits per heavy atom. The van der Waals surface area contributed by atoms with Gasteiger partial charge in [0, 0.05) is 13.5 Å². The average molecular weight is 138 g/mol. The third kappa shape index (κ3) is 4.01. The van der Waals surface area contributed by atoms with Gasteiger partial charge in [0.05, 0.1) is 5.70 Å². The number of hydrogen-bond donors (Lipinski definition) is 0. The van der Waals surface area contributed by atoms with E-state index in [1.807, 2.05) is 26.0 Å². The summed E-state index contributed by atoms with van der Waals surface area (Å²) in [4.78, 5) is 0. The predicted octanol–water partition coefficient (Wildman–Crippen LogP) is 2.94. The van der Waals surface area contributed by atoms with Gasteiger partial charge in [-0.2, -0.15) is 10.2 Å². The molecule has 0 aromatic heterocycles. The van der Waals surface area contributed by atoms with Crippen molar-refractivity contribution in [3.63, 3.8) is 0 Å². The highest BCUT2D eigenvalue weighted by molar-refractivity contribution is 5.03. The molecule has 0 heterocycles. The minimum atomic E-state index is 0.879. The summed E-state index contributed by atoms with van der Waals surface area (Å²) in [5, 5.41) is 7.60. The highest BCUT2D eigenvalue weighted by Gasteiger charge is 1.85. The van der Waals surface area contributed by atoms with Crippen LogP contribution in [0, 0.1) is 0 Å². The van der Waals surface area contributed by atoms with Crippen molar-refractivity contribution < 1.29 is 0 Å². The first-order valence-electron chi connectivity index (χ1n) is 3.41. The topological polar surface area (TPSA) is 24.7 Å². The zero-order chi connectivity index (χ0) is 7.82. The second-order valence-electron chi connectivity index (χ2n) is 1.85. The monoisotopic (exact) mass is 138 g/mol. The van der Waals surface area contributed by atoms with Gasteiger partial charge in [0.1, 0.15) is 0 Å². The van der Waals surface area contributed by atoms with E-state index < -0.39 is 0 Å².